The first-order valence-electron chi connectivity index (χ1n) is 8.88. The molecule has 0 saturated carbocycles. The number of ether oxygens (including phenoxy) is 3. The van der Waals surface area contributed by atoms with Gasteiger partial charge in [0.05, 0.1) is 24.5 Å². The highest BCUT2D eigenvalue weighted by Gasteiger charge is 2.11. The van der Waals surface area contributed by atoms with Gasteiger partial charge in [0, 0.05) is 5.56 Å². The van der Waals surface area contributed by atoms with Crippen LogP contribution in [0.25, 0.3) is 0 Å². The van der Waals surface area contributed by atoms with E-state index in [0.29, 0.717) is 41.6 Å². The molecule has 0 bridgehead atoms. The number of hydrogen-bond donors (Lipinski definition) is 2. The summed E-state index contributed by atoms with van der Waals surface area (Å²) >= 11 is 6.09. The van der Waals surface area contributed by atoms with Crippen molar-refractivity contribution < 1.29 is 23.8 Å². The Bertz CT molecular complexity index is 902. The second-order valence-electron chi connectivity index (χ2n) is 5.67. The second-order valence-corrected chi connectivity index (χ2v) is 6.08. The van der Waals surface area contributed by atoms with Gasteiger partial charge in [-0.05, 0) is 55.8 Å². The molecule has 0 aliphatic rings. The van der Waals surface area contributed by atoms with Crippen LogP contribution in [0.15, 0.2) is 41.5 Å². The number of nitrogens with two attached hydrogens (primary N) is 1. The summed E-state index contributed by atoms with van der Waals surface area (Å²) in [7, 11) is 0. The van der Waals surface area contributed by atoms with Crippen molar-refractivity contribution in [3.63, 3.8) is 0 Å². The van der Waals surface area contributed by atoms with Crippen LogP contribution in [-0.2, 0) is 4.79 Å². The maximum Gasteiger partial charge on any atom is 0.271 e. The second kappa shape index (κ2) is 10.9. The van der Waals surface area contributed by atoms with Gasteiger partial charge < -0.3 is 19.9 Å². The van der Waals surface area contributed by atoms with Crippen molar-refractivity contribution in [1.29, 1.82) is 0 Å². The molecule has 0 radical (unpaired) electrons. The lowest BCUT2D eigenvalue weighted by molar-refractivity contribution is -0.119. The number of hydrogen-bond acceptors (Lipinski definition) is 6. The van der Waals surface area contributed by atoms with Crippen molar-refractivity contribution in [2.75, 3.05) is 19.8 Å². The lowest BCUT2D eigenvalue weighted by Crippen LogP contribution is -2.20. The summed E-state index contributed by atoms with van der Waals surface area (Å²) in [4.78, 5) is 23.1. The quantitative estimate of drug-likeness (QED) is 0.454. The van der Waals surface area contributed by atoms with Crippen molar-refractivity contribution in [2.45, 2.75) is 13.8 Å². The maximum atomic E-state index is 12.3. The molecule has 0 aliphatic heterocycles. The molecule has 0 heterocycles. The number of nitrogens with zero attached hydrogens (tertiary/aromatic N) is 1. The van der Waals surface area contributed by atoms with Gasteiger partial charge in [0.15, 0.2) is 18.1 Å². The number of carbonyl (C=O) groups excluding carboxylic acids is 2. The molecule has 0 fully saturated rings. The van der Waals surface area contributed by atoms with Crippen LogP contribution in [0.4, 0.5) is 0 Å². The highest BCUT2D eigenvalue weighted by Crippen LogP contribution is 2.28. The molecule has 29 heavy (non-hydrogen) atoms. The smallest absolute Gasteiger partial charge is 0.271 e. The molecule has 8 nitrogen and oxygen atoms in total. The Hall–Kier alpha value is -3.26. The fourth-order valence-corrected chi connectivity index (χ4v) is 2.53. The summed E-state index contributed by atoms with van der Waals surface area (Å²) in [6.07, 6.45) is 1.43. The van der Waals surface area contributed by atoms with E-state index in [1.54, 1.807) is 36.4 Å². The van der Waals surface area contributed by atoms with E-state index in [-0.39, 0.29) is 11.6 Å². The van der Waals surface area contributed by atoms with Crippen LogP contribution in [0.5, 0.6) is 17.2 Å². The SMILES string of the molecule is CCOc1ccc(C(=O)N/N=C/c2ccc(OCC(N)=O)c(Cl)c2)cc1OCC. The fourth-order valence-electron chi connectivity index (χ4n) is 2.29. The first-order chi connectivity index (χ1) is 13.9. The van der Waals surface area contributed by atoms with Gasteiger partial charge in [0.1, 0.15) is 5.75 Å². The predicted octanol–water partition coefficient (Wildman–Crippen LogP) is 2.77. The average Bonchev–Trinajstić information content (AvgIpc) is 2.68. The molecule has 9 heteroatoms. The maximum absolute atomic E-state index is 12.3. The zero-order valence-electron chi connectivity index (χ0n) is 16.1. The normalized spacial score (nSPS) is 10.6. The summed E-state index contributed by atoms with van der Waals surface area (Å²) in [5.74, 6) is 0.380. The Morgan fingerprint density at radius 2 is 1.72 bits per heavy atom. The minimum Gasteiger partial charge on any atom is -0.490 e. The molecule has 2 amide bonds. The molecule has 0 unspecified atom stereocenters. The molecule has 2 rings (SSSR count). The summed E-state index contributed by atoms with van der Waals surface area (Å²) in [5, 5.41) is 4.21. The van der Waals surface area contributed by atoms with Crippen molar-refractivity contribution in [1.82, 2.24) is 5.43 Å². The third-order valence-corrected chi connectivity index (χ3v) is 3.81. The molecule has 0 spiro atoms. The molecule has 0 aromatic heterocycles. The number of amides is 2. The van der Waals surface area contributed by atoms with Gasteiger partial charge in [-0.25, -0.2) is 5.43 Å². The lowest BCUT2D eigenvalue weighted by Gasteiger charge is -2.11. The van der Waals surface area contributed by atoms with E-state index in [9.17, 15) is 9.59 Å². The first kappa shape index (κ1) is 22.0. The van der Waals surface area contributed by atoms with E-state index in [1.807, 2.05) is 13.8 Å². The zero-order valence-corrected chi connectivity index (χ0v) is 16.9. The zero-order chi connectivity index (χ0) is 21.2. The molecule has 0 aliphatic carbocycles. The molecule has 0 saturated heterocycles. The fraction of sp³-hybridized carbons (Fsp3) is 0.250. The number of halogens is 1. The van der Waals surface area contributed by atoms with Crippen LogP contribution in [0.1, 0.15) is 29.8 Å². The summed E-state index contributed by atoms with van der Waals surface area (Å²) < 4.78 is 16.2. The Kier molecular flexibility index (Phi) is 8.29. The number of carbonyl (C=O) groups is 2. The van der Waals surface area contributed by atoms with Crippen LogP contribution in [0, 0.1) is 0 Å². The van der Waals surface area contributed by atoms with Gasteiger partial charge >= 0.3 is 0 Å². The Morgan fingerprint density at radius 3 is 2.38 bits per heavy atom. The Balaban J connectivity index is 2.02. The highest BCUT2D eigenvalue weighted by atomic mass is 35.5. The standard InChI is InChI=1S/C20H22ClN3O5/c1-3-27-17-8-6-14(10-18(17)28-4-2)20(26)24-23-11-13-5-7-16(15(21)9-13)29-12-19(22)25/h5-11H,3-4,12H2,1-2H3,(H2,22,25)(H,24,26)/b23-11+. The number of rotatable bonds is 10. The average molecular weight is 420 g/mol. The van der Waals surface area contributed by atoms with E-state index in [4.69, 9.17) is 31.5 Å². The number of hydrazone groups is 1. The molecule has 3 N–H and O–H groups in total. The third-order valence-electron chi connectivity index (χ3n) is 3.51. The van der Waals surface area contributed by atoms with Crippen LogP contribution >= 0.6 is 11.6 Å². The van der Waals surface area contributed by atoms with Crippen LogP contribution in [-0.4, -0.2) is 37.8 Å². The van der Waals surface area contributed by atoms with E-state index in [0.717, 1.165) is 0 Å². The Labute approximate surface area is 173 Å². The largest absolute Gasteiger partial charge is 0.490 e. The summed E-state index contributed by atoms with van der Waals surface area (Å²) in [5.41, 5.74) is 8.47. The van der Waals surface area contributed by atoms with Crippen molar-refractivity contribution >= 4 is 29.6 Å². The molecule has 2 aromatic carbocycles. The minimum atomic E-state index is -0.601. The van der Waals surface area contributed by atoms with E-state index in [2.05, 4.69) is 10.5 Å². The summed E-state index contributed by atoms with van der Waals surface area (Å²) in [6, 6.07) is 9.73. The molecular weight excluding hydrogens is 398 g/mol. The molecular formula is C20H22ClN3O5. The predicted molar refractivity (Wildman–Crippen MR) is 110 cm³/mol. The lowest BCUT2D eigenvalue weighted by atomic mass is 10.2. The monoisotopic (exact) mass is 419 g/mol. The van der Waals surface area contributed by atoms with Crippen LogP contribution in [0.2, 0.25) is 5.02 Å². The number of nitrogens with one attached hydrogen (secondary N) is 1. The minimum absolute atomic E-state index is 0.269. The topological polar surface area (TPSA) is 112 Å². The van der Waals surface area contributed by atoms with Crippen molar-refractivity contribution in [3.8, 4) is 17.2 Å². The third kappa shape index (κ3) is 6.69. The molecule has 154 valence electrons. The highest BCUT2D eigenvalue weighted by molar-refractivity contribution is 6.32. The molecule has 0 atom stereocenters. The van der Waals surface area contributed by atoms with Gasteiger partial charge in [0.2, 0.25) is 0 Å². The van der Waals surface area contributed by atoms with Crippen LogP contribution < -0.4 is 25.4 Å². The van der Waals surface area contributed by atoms with E-state index >= 15 is 0 Å². The van der Waals surface area contributed by atoms with E-state index in [1.165, 1.54) is 6.21 Å². The number of benzene rings is 2. The summed E-state index contributed by atoms with van der Waals surface area (Å²) in [6.45, 7) is 4.39. The molecule has 2 aromatic rings. The van der Waals surface area contributed by atoms with Gasteiger partial charge in [-0.1, -0.05) is 11.6 Å². The van der Waals surface area contributed by atoms with Gasteiger partial charge in [0.25, 0.3) is 11.8 Å². The number of primary amides is 1. The first-order valence-corrected chi connectivity index (χ1v) is 9.26. The van der Waals surface area contributed by atoms with E-state index < -0.39 is 11.8 Å². The van der Waals surface area contributed by atoms with Gasteiger partial charge in [-0.2, -0.15) is 5.10 Å². The Morgan fingerprint density at radius 1 is 1.03 bits per heavy atom. The van der Waals surface area contributed by atoms with Gasteiger partial charge in [-0.15, -0.1) is 0 Å². The van der Waals surface area contributed by atoms with Crippen LogP contribution in [0.3, 0.4) is 0 Å². The van der Waals surface area contributed by atoms with Crippen molar-refractivity contribution in [2.24, 2.45) is 10.8 Å². The van der Waals surface area contributed by atoms with Crippen molar-refractivity contribution in [3.05, 3.63) is 52.5 Å². The van der Waals surface area contributed by atoms with Gasteiger partial charge in [-0.3, -0.25) is 9.59 Å².